The van der Waals surface area contributed by atoms with Gasteiger partial charge < -0.3 is 20.9 Å². The molecule has 2 aliphatic heterocycles. The Morgan fingerprint density at radius 3 is 2.61 bits per heavy atom. The molecule has 4 rings (SSSR count). The van der Waals surface area contributed by atoms with Crippen molar-refractivity contribution in [1.29, 1.82) is 0 Å². The minimum Gasteiger partial charge on any atom is -0.371 e. The van der Waals surface area contributed by atoms with Crippen molar-refractivity contribution in [2.45, 2.75) is 50.7 Å². The summed E-state index contributed by atoms with van der Waals surface area (Å²) in [5, 5.41) is 9.34. The first-order valence-corrected chi connectivity index (χ1v) is 11.3. The van der Waals surface area contributed by atoms with E-state index >= 15 is 0 Å². The number of hydrogen-bond acceptors (Lipinski definition) is 5. The van der Waals surface area contributed by atoms with Crippen molar-refractivity contribution < 1.29 is 9.59 Å². The van der Waals surface area contributed by atoms with Crippen LogP contribution in [0, 0.1) is 0 Å². The molecule has 2 aromatic rings. The maximum atomic E-state index is 12.6. The van der Waals surface area contributed by atoms with E-state index in [2.05, 4.69) is 25.8 Å². The van der Waals surface area contributed by atoms with Gasteiger partial charge in [0.05, 0.1) is 5.69 Å². The van der Waals surface area contributed by atoms with Crippen LogP contribution >= 0.6 is 0 Å². The first-order valence-electron chi connectivity index (χ1n) is 11.3. The average molecular weight is 422 g/mol. The highest BCUT2D eigenvalue weighted by Crippen LogP contribution is 2.21. The molecular weight excluding hydrogens is 390 g/mol. The van der Waals surface area contributed by atoms with Crippen molar-refractivity contribution in [3.05, 3.63) is 59.9 Å². The number of hydrogen-bond donors (Lipinski definition) is 3. The van der Waals surface area contributed by atoms with Crippen molar-refractivity contribution >= 4 is 17.5 Å². The number of nitrogens with one attached hydrogen (secondary N) is 3. The van der Waals surface area contributed by atoms with Crippen molar-refractivity contribution in [1.82, 2.24) is 20.9 Å². The number of nitrogens with zero attached hydrogens (tertiary/aromatic N) is 2. The van der Waals surface area contributed by atoms with E-state index in [1.807, 2.05) is 48.7 Å². The van der Waals surface area contributed by atoms with Crippen LogP contribution in [0.1, 0.15) is 48.2 Å². The third-order valence-electron chi connectivity index (χ3n) is 6.13. The van der Waals surface area contributed by atoms with Gasteiger partial charge in [-0.05, 0) is 68.5 Å². The monoisotopic (exact) mass is 421 g/mol. The molecule has 7 heteroatoms. The van der Waals surface area contributed by atoms with Crippen LogP contribution in [0.4, 0.5) is 5.69 Å². The highest BCUT2D eigenvalue weighted by atomic mass is 16.2. The standard InChI is InChI=1S/C24H31N5O2/c30-23(28-22-6-2-4-14-26-24(22)31)18-7-9-21(10-8-18)29-15-11-19(12-16-29)27-17-20-5-1-3-13-25-20/h1,3,5,7-10,13,19,22,27H,2,4,6,11-12,14-17H2,(H,26,31)(H,28,30)/t22-/m0/s1. The summed E-state index contributed by atoms with van der Waals surface area (Å²) in [5.74, 6) is -0.270. The summed E-state index contributed by atoms with van der Waals surface area (Å²) >= 11 is 0. The van der Waals surface area contributed by atoms with Gasteiger partial charge in [0, 0.05) is 49.7 Å². The van der Waals surface area contributed by atoms with E-state index in [9.17, 15) is 9.59 Å². The van der Waals surface area contributed by atoms with E-state index < -0.39 is 6.04 Å². The van der Waals surface area contributed by atoms with Crippen LogP contribution in [-0.4, -0.2) is 48.5 Å². The molecule has 31 heavy (non-hydrogen) atoms. The lowest BCUT2D eigenvalue weighted by Crippen LogP contribution is -2.45. The second-order valence-electron chi connectivity index (χ2n) is 8.32. The first kappa shape index (κ1) is 21.3. The van der Waals surface area contributed by atoms with Gasteiger partial charge in [-0.15, -0.1) is 0 Å². The fourth-order valence-corrected chi connectivity index (χ4v) is 4.24. The zero-order chi connectivity index (χ0) is 21.5. The van der Waals surface area contributed by atoms with Crippen molar-refractivity contribution in [3.63, 3.8) is 0 Å². The molecule has 0 aliphatic carbocycles. The number of piperidine rings is 1. The van der Waals surface area contributed by atoms with E-state index in [0.717, 1.165) is 56.7 Å². The molecule has 1 aromatic heterocycles. The number of anilines is 1. The number of aromatic nitrogens is 1. The van der Waals surface area contributed by atoms with Crippen molar-refractivity contribution in [2.75, 3.05) is 24.5 Å². The molecule has 0 unspecified atom stereocenters. The second kappa shape index (κ2) is 10.4. The molecule has 2 amide bonds. The normalized spacial score (nSPS) is 20.1. The van der Waals surface area contributed by atoms with Crippen LogP contribution in [0.3, 0.4) is 0 Å². The highest BCUT2D eigenvalue weighted by Gasteiger charge is 2.23. The van der Waals surface area contributed by atoms with Gasteiger partial charge in [0.2, 0.25) is 5.91 Å². The van der Waals surface area contributed by atoms with Crippen LogP contribution in [0.15, 0.2) is 48.7 Å². The van der Waals surface area contributed by atoms with Gasteiger partial charge in [0.1, 0.15) is 6.04 Å². The van der Waals surface area contributed by atoms with Gasteiger partial charge in [0.15, 0.2) is 0 Å². The molecule has 0 spiro atoms. The fraction of sp³-hybridized carbons (Fsp3) is 0.458. The van der Waals surface area contributed by atoms with Crippen LogP contribution in [0.25, 0.3) is 0 Å². The second-order valence-corrected chi connectivity index (χ2v) is 8.32. The Labute approximate surface area is 183 Å². The van der Waals surface area contributed by atoms with Gasteiger partial charge in [-0.2, -0.15) is 0 Å². The van der Waals surface area contributed by atoms with Crippen LogP contribution < -0.4 is 20.9 Å². The smallest absolute Gasteiger partial charge is 0.251 e. The predicted octanol–water partition coefficient (Wildman–Crippen LogP) is 2.24. The summed E-state index contributed by atoms with van der Waals surface area (Å²) in [7, 11) is 0. The Hall–Kier alpha value is -2.93. The topological polar surface area (TPSA) is 86.4 Å². The molecule has 7 nitrogen and oxygen atoms in total. The molecule has 3 N–H and O–H groups in total. The van der Waals surface area contributed by atoms with Crippen molar-refractivity contribution in [3.8, 4) is 0 Å². The van der Waals surface area contributed by atoms with E-state index in [1.54, 1.807) is 0 Å². The third kappa shape index (κ3) is 5.82. The molecule has 164 valence electrons. The summed E-state index contributed by atoms with van der Waals surface area (Å²) < 4.78 is 0. The molecule has 0 bridgehead atoms. The largest absolute Gasteiger partial charge is 0.371 e. The average Bonchev–Trinajstić information content (AvgIpc) is 3.03. The van der Waals surface area contributed by atoms with Crippen molar-refractivity contribution in [2.24, 2.45) is 0 Å². The number of pyridine rings is 1. The van der Waals surface area contributed by atoms with E-state index in [-0.39, 0.29) is 11.8 Å². The maximum Gasteiger partial charge on any atom is 0.251 e. The van der Waals surface area contributed by atoms with E-state index in [4.69, 9.17) is 0 Å². The molecule has 1 atom stereocenters. The maximum absolute atomic E-state index is 12.6. The van der Waals surface area contributed by atoms with Gasteiger partial charge in [-0.25, -0.2) is 0 Å². The first-order chi connectivity index (χ1) is 15.2. The Kier molecular flexibility index (Phi) is 7.14. The van der Waals surface area contributed by atoms with E-state index in [1.165, 1.54) is 0 Å². The zero-order valence-corrected chi connectivity index (χ0v) is 17.8. The Bertz CT molecular complexity index is 863. The van der Waals surface area contributed by atoms with Crippen LogP contribution in [0.5, 0.6) is 0 Å². The molecule has 0 saturated carbocycles. The Morgan fingerprint density at radius 2 is 1.87 bits per heavy atom. The lowest BCUT2D eigenvalue weighted by Gasteiger charge is -2.34. The summed E-state index contributed by atoms with van der Waals surface area (Å²) in [6.07, 6.45) is 6.57. The molecule has 1 aromatic carbocycles. The molecule has 2 aliphatic rings. The fourth-order valence-electron chi connectivity index (χ4n) is 4.24. The summed E-state index contributed by atoms with van der Waals surface area (Å²) in [6, 6.07) is 13.8. The predicted molar refractivity (Wildman–Crippen MR) is 121 cm³/mol. The van der Waals surface area contributed by atoms with Crippen LogP contribution in [-0.2, 0) is 11.3 Å². The summed E-state index contributed by atoms with van der Waals surface area (Å²) in [4.78, 5) is 31.4. The van der Waals surface area contributed by atoms with Crippen LogP contribution in [0.2, 0.25) is 0 Å². The van der Waals surface area contributed by atoms with Gasteiger partial charge in [-0.3, -0.25) is 14.6 Å². The number of amides is 2. The van der Waals surface area contributed by atoms with E-state index in [0.29, 0.717) is 24.6 Å². The number of benzene rings is 1. The lowest BCUT2D eigenvalue weighted by molar-refractivity contribution is -0.122. The molecule has 2 saturated heterocycles. The van der Waals surface area contributed by atoms with Gasteiger partial charge in [0.25, 0.3) is 5.91 Å². The number of rotatable bonds is 6. The van der Waals surface area contributed by atoms with Gasteiger partial charge in [-0.1, -0.05) is 6.07 Å². The lowest BCUT2D eigenvalue weighted by atomic mass is 10.0. The molecule has 2 fully saturated rings. The number of carbonyl (C=O) groups is 2. The zero-order valence-electron chi connectivity index (χ0n) is 17.8. The quantitative estimate of drug-likeness (QED) is 0.666. The minimum atomic E-state index is -0.438. The Balaban J connectivity index is 1.25. The number of carbonyl (C=O) groups excluding carboxylic acids is 2. The van der Waals surface area contributed by atoms with Gasteiger partial charge >= 0.3 is 0 Å². The summed E-state index contributed by atoms with van der Waals surface area (Å²) in [5.41, 5.74) is 2.79. The summed E-state index contributed by atoms with van der Waals surface area (Å²) in [6.45, 7) is 3.45. The highest BCUT2D eigenvalue weighted by molar-refractivity contribution is 5.97. The minimum absolute atomic E-state index is 0.0815. The molecule has 0 radical (unpaired) electrons. The molecule has 3 heterocycles. The Morgan fingerprint density at radius 1 is 1.06 bits per heavy atom. The molecular formula is C24H31N5O2. The third-order valence-corrected chi connectivity index (χ3v) is 6.13. The SMILES string of the molecule is O=C(N[C@H]1CCCCNC1=O)c1ccc(N2CCC(NCc3ccccn3)CC2)cc1.